The molecule has 0 atom stereocenters. The van der Waals surface area contributed by atoms with Crippen molar-refractivity contribution in [3.63, 3.8) is 0 Å². The van der Waals surface area contributed by atoms with Gasteiger partial charge in [0.25, 0.3) is 5.91 Å². The number of anilines is 2. The lowest BCUT2D eigenvalue weighted by Crippen LogP contribution is -2.37. The van der Waals surface area contributed by atoms with Crippen LogP contribution in [-0.2, 0) is 9.53 Å². The van der Waals surface area contributed by atoms with Crippen LogP contribution in [-0.4, -0.2) is 37.2 Å². The number of amides is 1. The molecule has 0 radical (unpaired) electrons. The molecule has 0 aliphatic carbocycles. The molecule has 1 amide bonds. The fraction of sp³-hybridized carbons (Fsp3) is 0.148. The van der Waals surface area contributed by atoms with Crippen molar-refractivity contribution in [3.8, 4) is 6.07 Å². The molecule has 1 fully saturated rings. The number of nitrogens with one attached hydrogen (secondary N) is 1. The molecule has 1 aliphatic heterocycles. The highest BCUT2D eigenvalue weighted by molar-refractivity contribution is 6.13. The van der Waals surface area contributed by atoms with E-state index in [1.54, 1.807) is 6.08 Å². The van der Waals surface area contributed by atoms with Crippen LogP contribution in [0.1, 0.15) is 5.56 Å². The van der Waals surface area contributed by atoms with Crippen molar-refractivity contribution in [1.29, 1.82) is 5.26 Å². The Kier molecular flexibility index (Phi) is 5.71. The first-order valence-electron chi connectivity index (χ1n) is 10.9. The predicted octanol–water partition coefficient (Wildman–Crippen LogP) is 4.77. The van der Waals surface area contributed by atoms with Gasteiger partial charge in [-0.25, -0.2) is 4.98 Å². The Labute approximate surface area is 191 Å². The Balaban J connectivity index is 1.54. The van der Waals surface area contributed by atoms with E-state index in [9.17, 15) is 10.1 Å². The smallest absolute Gasteiger partial charge is 0.266 e. The first kappa shape index (κ1) is 20.7. The zero-order chi connectivity index (χ0) is 22.6. The summed E-state index contributed by atoms with van der Waals surface area (Å²) in [6, 6.07) is 25.4. The third-order valence-corrected chi connectivity index (χ3v) is 5.75. The fourth-order valence-electron chi connectivity index (χ4n) is 4.08. The first-order chi connectivity index (χ1) is 16.2. The first-order valence-corrected chi connectivity index (χ1v) is 10.9. The molecule has 0 bridgehead atoms. The zero-order valence-corrected chi connectivity index (χ0v) is 18.0. The highest BCUT2D eigenvalue weighted by Gasteiger charge is 2.19. The van der Waals surface area contributed by atoms with E-state index in [0.717, 1.165) is 33.1 Å². The SMILES string of the molecule is N#C/C(=C\c1cc2ccccc2nc1N1CCOCC1)C(=O)Nc1cccc2ccccc12. The Bertz CT molecular complexity index is 1410. The van der Waals surface area contributed by atoms with E-state index in [1.165, 1.54) is 0 Å². The molecule has 0 saturated carbocycles. The molecule has 33 heavy (non-hydrogen) atoms. The predicted molar refractivity (Wildman–Crippen MR) is 131 cm³/mol. The minimum Gasteiger partial charge on any atom is -0.378 e. The molecular weight excluding hydrogens is 412 g/mol. The van der Waals surface area contributed by atoms with Crippen LogP contribution in [0, 0.1) is 11.3 Å². The van der Waals surface area contributed by atoms with Gasteiger partial charge in [0.05, 0.1) is 18.7 Å². The number of fused-ring (bicyclic) bond motifs is 2. The average molecular weight is 434 g/mol. The largest absolute Gasteiger partial charge is 0.378 e. The van der Waals surface area contributed by atoms with E-state index in [0.29, 0.717) is 32.0 Å². The van der Waals surface area contributed by atoms with Crippen LogP contribution in [0.2, 0.25) is 0 Å². The number of morpholine rings is 1. The summed E-state index contributed by atoms with van der Waals surface area (Å²) in [6.07, 6.45) is 1.63. The number of para-hydroxylation sites is 1. The summed E-state index contributed by atoms with van der Waals surface area (Å²) >= 11 is 0. The minimum absolute atomic E-state index is 0.0227. The summed E-state index contributed by atoms with van der Waals surface area (Å²) < 4.78 is 5.49. The van der Waals surface area contributed by atoms with Gasteiger partial charge in [0.2, 0.25) is 0 Å². The van der Waals surface area contributed by atoms with Crippen molar-refractivity contribution in [2.75, 3.05) is 36.5 Å². The molecule has 1 N–H and O–H groups in total. The highest BCUT2D eigenvalue weighted by Crippen LogP contribution is 2.28. The molecule has 0 spiro atoms. The summed E-state index contributed by atoms with van der Waals surface area (Å²) in [5.74, 6) is 0.303. The van der Waals surface area contributed by atoms with E-state index in [2.05, 4.69) is 16.3 Å². The van der Waals surface area contributed by atoms with Crippen molar-refractivity contribution < 1.29 is 9.53 Å². The molecule has 1 saturated heterocycles. The molecule has 5 rings (SSSR count). The standard InChI is InChI=1S/C27H22N4O2/c28-18-22(27(32)30-25-11-5-8-19-6-1-3-9-23(19)25)17-21-16-20-7-2-4-10-24(20)29-26(21)31-12-14-33-15-13-31/h1-11,16-17H,12-15H2,(H,30,32)/b22-17+. The molecular formula is C27H22N4O2. The van der Waals surface area contributed by atoms with Crippen LogP contribution in [0.5, 0.6) is 0 Å². The van der Waals surface area contributed by atoms with Gasteiger partial charge in [-0.3, -0.25) is 4.79 Å². The molecule has 6 nitrogen and oxygen atoms in total. The van der Waals surface area contributed by atoms with Crippen LogP contribution in [0.25, 0.3) is 27.8 Å². The van der Waals surface area contributed by atoms with E-state index < -0.39 is 5.91 Å². The van der Waals surface area contributed by atoms with Gasteiger partial charge in [-0.15, -0.1) is 0 Å². The second-order valence-electron chi connectivity index (χ2n) is 7.84. The van der Waals surface area contributed by atoms with Gasteiger partial charge in [-0.2, -0.15) is 5.26 Å². The summed E-state index contributed by atoms with van der Waals surface area (Å²) in [5, 5.41) is 15.6. The lowest BCUT2D eigenvalue weighted by Gasteiger charge is -2.29. The van der Waals surface area contributed by atoms with E-state index >= 15 is 0 Å². The number of benzene rings is 3. The highest BCUT2D eigenvalue weighted by atomic mass is 16.5. The van der Waals surface area contributed by atoms with Crippen molar-refractivity contribution in [2.24, 2.45) is 0 Å². The monoisotopic (exact) mass is 434 g/mol. The van der Waals surface area contributed by atoms with Gasteiger partial charge in [-0.1, -0.05) is 54.6 Å². The number of carbonyl (C=O) groups excluding carboxylic acids is 1. The third-order valence-electron chi connectivity index (χ3n) is 5.75. The van der Waals surface area contributed by atoms with E-state index in [1.807, 2.05) is 72.8 Å². The van der Waals surface area contributed by atoms with Gasteiger partial charge >= 0.3 is 0 Å². The maximum Gasteiger partial charge on any atom is 0.266 e. The molecule has 3 aromatic carbocycles. The average Bonchev–Trinajstić information content (AvgIpc) is 2.87. The lowest BCUT2D eigenvalue weighted by molar-refractivity contribution is -0.112. The third kappa shape index (κ3) is 4.27. The number of rotatable bonds is 4. The molecule has 1 aliphatic rings. The lowest BCUT2D eigenvalue weighted by atomic mass is 10.1. The van der Waals surface area contributed by atoms with Crippen LogP contribution >= 0.6 is 0 Å². The maximum absolute atomic E-state index is 13.1. The second kappa shape index (κ2) is 9.11. The van der Waals surface area contributed by atoms with Crippen molar-refractivity contribution >= 4 is 45.2 Å². The molecule has 6 heteroatoms. The molecule has 4 aromatic rings. The van der Waals surface area contributed by atoms with Gasteiger partial charge < -0.3 is 15.0 Å². The minimum atomic E-state index is -0.449. The summed E-state index contributed by atoms with van der Waals surface area (Å²) in [7, 11) is 0. The Morgan fingerprint density at radius 2 is 1.73 bits per heavy atom. The van der Waals surface area contributed by atoms with Crippen LogP contribution in [0.4, 0.5) is 11.5 Å². The fourth-order valence-corrected chi connectivity index (χ4v) is 4.08. The topological polar surface area (TPSA) is 78.2 Å². The van der Waals surface area contributed by atoms with Crippen LogP contribution in [0.3, 0.4) is 0 Å². The van der Waals surface area contributed by atoms with Crippen molar-refractivity contribution in [2.45, 2.75) is 0 Å². The van der Waals surface area contributed by atoms with Gasteiger partial charge in [0.15, 0.2) is 0 Å². The molecule has 162 valence electrons. The molecule has 1 aromatic heterocycles. The maximum atomic E-state index is 13.1. The molecule has 2 heterocycles. The number of hydrogen-bond donors (Lipinski definition) is 1. The number of hydrogen-bond acceptors (Lipinski definition) is 5. The summed E-state index contributed by atoms with van der Waals surface area (Å²) in [6.45, 7) is 2.64. The van der Waals surface area contributed by atoms with Gasteiger partial charge in [0, 0.05) is 35.1 Å². The summed E-state index contributed by atoms with van der Waals surface area (Å²) in [5.41, 5.74) is 2.30. The van der Waals surface area contributed by atoms with Crippen molar-refractivity contribution in [1.82, 2.24) is 4.98 Å². The molecule has 0 unspecified atom stereocenters. The van der Waals surface area contributed by atoms with Gasteiger partial charge in [0.1, 0.15) is 17.5 Å². The number of ether oxygens (including phenoxy) is 1. The number of aromatic nitrogens is 1. The van der Waals surface area contributed by atoms with Crippen LogP contribution in [0.15, 0.2) is 78.4 Å². The van der Waals surface area contributed by atoms with Gasteiger partial charge in [-0.05, 0) is 29.7 Å². The van der Waals surface area contributed by atoms with Crippen LogP contribution < -0.4 is 10.2 Å². The van der Waals surface area contributed by atoms with E-state index in [4.69, 9.17) is 9.72 Å². The quantitative estimate of drug-likeness (QED) is 0.370. The number of nitriles is 1. The second-order valence-corrected chi connectivity index (χ2v) is 7.84. The number of carbonyl (C=O) groups is 1. The normalized spacial score (nSPS) is 14.3. The Hall–Kier alpha value is -4.21. The zero-order valence-electron chi connectivity index (χ0n) is 18.0. The Morgan fingerprint density at radius 3 is 2.55 bits per heavy atom. The van der Waals surface area contributed by atoms with Crippen molar-refractivity contribution in [3.05, 3.63) is 83.9 Å². The number of pyridine rings is 1. The summed E-state index contributed by atoms with van der Waals surface area (Å²) in [4.78, 5) is 20.1. The Morgan fingerprint density at radius 1 is 1.00 bits per heavy atom. The van der Waals surface area contributed by atoms with E-state index in [-0.39, 0.29) is 5.57 Å². The number of nitrogens with zero attached hydrogens (tertiary/aromatic N) is 3.